The molecule has 0 saturated heterocycles. The molecule has 0 aliphatic rings. The van der Waals surface area contributed by atoms with Crippen LogP contribution in [-0.2, 0) is 7.05 Å². The average molecular weight is 264 g/mol. The summed E-state index contributed by atoms with van der Waals surface area (Å²) in [6.07, 6.45) is 0. The fourth-order valence-electron chi connectivity index (χ4n) is 2.24. The Labute approximate surface area is 115 Å². The summed E-state index contributed by atoms with van der Waals surface area (Å²) in [5.41, 5.74) is 4.53. The summed E-state index contributed by atoms with van der Waals surface area (Å²) in [7, 11) is 1.81. The Morgan fingerprint density at radius 2 is 2.05 bits per heavy atom. The molecule has 98 valence electrons. The largest absolute Gasteiger partial charge is 0.508 e. The van der Waals surface area contributed by atoms with Crippen LogP contribution in [-0.4, -0.2) is 20.1 Å². The van der Waals surface area contributed by atoms with E-state index in [9.17, 15) is 5.11 Å². The highest BCUT2D eigenvalue weighted by atomic mass is 16.3. The topological polar surface area (TPSA) is 55.3 Å². The van der Waals surface area contributed by atoms with E-state index >= 15 is 0 Å². The van der Waals surface area contributed by atoms with Crippen LogP contribution in [0.15, 0.2) is 30.3 Å². The van der Waals surface area contributed by atoms with Gasteiger partial charge in [0.05, 0.1) is 12.1 Å². The van der Waals surface area contributed by atoms with Crippen molar-refractivity contribution in [2.24, 2.45) is 7.05 Å². The number of rotatable bonds is 1. The van der Waals surface area contributed by atoms with Crippen molar-refractivity contribution in [3.8, 4) is 16.9 Å². The van der Waals surface area contributed by atoms with Crippen LogP contribution in [0.3, 0.4) is 0 Å². The fourth-order valence-corrected chi connectivity index (χ4v) is 2.24. The Bertz CT molecular complexity index is 858. The van der Waals surface area contributed by atoms with E-state index in [2.05, 4.69) is 15.2 Å². The molecule has 0 aliphatic heterocycles. The van der Waals surface area contributed by atoms with Crippen LogP contribution in [0.25, 0.3) is 27.0 Å². The molecule has 5 heteroatoms. The molecule has 3 aromatic rings. The van der Waals surface area contributed by atoms with E-state index in [0.29, 0.717) is 11.2 Å². The van der Waals surface area contributed by atoms with Crippen LogP contribution in [0.1, 0.15) is 5.56 Å². The van der Waals surface area contributed by atoms with Crippen LogP contribution >= 0.6 is 0 Å². The number of aryl methyl sites for hydroxylation is 2. The molecule has 5 nitrogen and oxygen atoms in total. The summed E-state index contributed by atoms with van der Waals surface area (Å²) in [6, 6.07) is 8.98. The van der Waals surface area contributed by atoms with Gasteiger partial charge in [0.15, 0.2) is 5.69 Å². The van der Waals surface area contributed by atoms with Crippen molar-refractivity contribution in [2.45, 2.75) is 6.92 Å². The number of aromatic nitrogens is 3. The number of phenols is 1. The Hall–Kier alpha value is -2.87. The number of hydrogen-bond acceptors (Lipinski definition) is 3. The molecule has 20 heavy (non-hydrogen) atoms. The average Bonchev–Trinajstić information content (AvgIpc) is 2.82. The van der Waals surface area contributed by atoms with Crippen molar-refractivity contribution in [2.75, 3.05) is 0 Å². The molecule has 0 bridgehead atoms. The van der Waals surface area contributed by atoms with Crippen LogP contribution in [0.4, 0.5) is 5.69 Å². The monoisotopic (exact) mass is 264 g/mol. The van der Waals surface area contributed by atoms with Gasteiger partial charge in [0.2, 0.25) is 0 Å². The van der Waals surface area contributed by atoms with Gasteiger partial charge in [-0.3, -0.25) is 0 Å². The second-order valence-corrected chi connectivity index (χ2v) is 4.69. The van der Waals surface area contributed by atoms with Gasteiger partial charge in [-0.25, -0.2) is 9.53 Å². The molecule has 0 atom stereocenters. The van der Waals surface area contributed by atoms with Crippen molar-refractivity contribution in [1.82, 2.24) is 15.0 Å². The smallest absolute Gasteiger partial charge is 0.190 e. The maximum Gasteiger partial charge on any atom is 0.190 e. The number of hydrogen-bond donors (Lipinski definition) is 1. The lowest BCUT2D eigenvalue weighted by Crippen LogP contribution is -1.92. The Morgan fingerprint density at radius 1 is 1.25 bits per heavy atom. The zero-order valence-electron chi connectivity index (χ0n) is 11.1. The first kappa shape index (κ1) is 12.2. The van der Waals surface area contributed by atoms with Gasteiger partial charge in [-0.05, 0) is 41.8 Å². The number of phenolic OH excluding ortho intramolecular Hbond substituents is 1. The molecular weight excluding hydrogens is 252 g/mol. The van der Waals surface area contributed by atoms with E-state index in [4.69, 9.17) is 6.57 Å². The predicted octanol–water partition coefficient (Wildman–Crippen LogP) is 3.20. The van der Waals surface area contributed by atoms with E-state index < -0.39 is 0 Å². The van der Waals surface area contributed by atoms with E-state index in [0.717, 1.165) is 22.2 Å². The SMILES string of the molecule is [C-]#[N+]c1cc(-c2ccc(C)c(O)c2)c2c(c1)nnn2C. The number of nitrogens with zero attached hydrogens (tertiary/aromatic N) is 4. The van der Waals surface area contributed by atoms with Gasteiger partial charge in [0.1, 0.15) is 11.3 Å². The third kappa shape index (κ3) is 1.79. The van der Waals surface area contributed by atoms with Crippen molar-refractivity contribution in [1.29, 1.82) is 0 Å². The minimum atomic E-state index is 0.235. The van der Waals surface area contributed by atoms with Crippen LogP contribution in [0.2, 0.25) is 0 Å². The lowest BCUT2D eigenvalue weighted by atomic mass is 10.0. The predicted molar refractivity (Wildman–Crippen MR) is 76.6 cm³/mol. The highest BCUT2D eigenvalue weighted by Gasteiger charge is 2.12. The van der Waals surface area contributed by atoms with Crippen molar-refractivity contribution in [3.05, 3.63) is 47.3 Å². The van der Waals surface area contributed by atoms with Gasteiger partial charge in [-0.15, -0.1) is 5.10 Å². The standard InChI is InChI=1S/C15H12N4O/c1-9-4-5-10(6-14(9)20)12-7-11(16-2)8-13-15(12)19(3)18-17-13/h4-8,20H,1,3H3. The van der Waals surface area contributed by atoms with Crippen molar-refractivity contribution >= 4 is 16.7 Å². The number of fused-ring (bicyclic) bond motifs is 1. The van der Waals surface area contributed by atoms with E-state index in [1.807, 2.05) is 26.1 Å². The molecule has 0 radical (unpaired) electrons. The summed E-state index contributed by atoms with van der Waals surface area (Å²) in [4.78, 5) is 3.47. The van der Waals surface area contributed by atoms with E-state index in [-0.39, 0.29) is 5.75 Å². The molecule has 1 aromatic heterocycles. The zero-order valence-corrected chi connectivity index (χ0v) is 11.1. The second kappa shape index (κ2) is 4.35. The van der Waals surface area contributed by atoms with Gasteiger partial charge >= 0.3 is 0 Å². The quantitative estimate of drug-likeness (QED) is 0.687. The van der Waals surface area contributed by atoms with E-state index in [1.165, 1.54) is 0 Å². The molecule has 0 aliphatic carbocycles. The Morgan fingerprint density at radius 3 is 2.75 bits per heavy atom. The first-order valence-electron chi connectivity index (χ1n) is 6.11. The molecule has 0 amide bonds. The fraction of sp³-hybridized carbons (Fsp3) is 0.133. The first-order valence-corrected chi connectivity index (χ1v) is 6.11. The molecule has 0 saturated carbocycles. The summed E-state index contributed by atoms with van der Waals surface area (Å²) >= 11 is 0. The molecule has 1 N–H and O–H groups in total. The second-order valence-electron chi connectivity index (χ2n) is 4.69. The molecule has 2 aromatic carbocycles. The highest BCUT2D eigenvalue weighted by Crippen LogP contribution is 2.34. The van der Waals surface area contributed by atoms with Crippen molar-refractivity contribution < 1.29 is 5.11 Å². The minimum Gasteiger partial charge on any atom is -0.508 e. The van der Waals surface area contributed by atoms with Gasteiger partial charge in [-0.1, -0.05) is 17.3 Å². The maximum absolute atomic E-state index is 9.88. The van der Waals surface area contributed by atoms with E-state index in [1.54, 1.807) is 22.9 Å². The van der Waals surface area contributed by atoms with Crippen molar-refractivity contribution in [3.63, 3.8) is 0 Å². The molecule has 3 rings (SSSR count). The summed E-state index contributed by atoms with van der Waals surface area (Å²) in [6.45, 7) is 9.03. The third-order valence-electron chi connectivity index (χ3n) is 3.33. The van der Waals surface area contributed by atoms with Gasteiger partial charge in [-0.2, -0.15) is 0 Å². The molecular formula is C15H12N4O. The summed E-state index contributed by atoms with van der Waals surface area (Å²) in [5.74, 6) is 0.235. The summed E-state index contributed by atoms with van der Waals surface area (Å²) in [5, 5.41) is 17.9. The van der Waals surface area contributed by atoms with Gasteiger partial charge in [0.25, 0.3) is 0 Å². The Balaban J connectivity index is 2.36. The highest BCUT2D eigenvalue weighted by molar-refractivity contribution is 5.95. The number of benzene rings is 2. The van der Waals surface area contributed by atoms with Crippen LogP contribution < -0.4 is 0 Å². The van der Waals surface area contributed by atoms with Crippen LogP contribution in [0.5, 0.6) is 5.75 Å². The molecule has 0 unspecified atom stereocenters. The molecule has 0 fully saturated rings. The maximum atomic E-state index is 9.88. The molecule has 0 spiro atoms. The zero-order chi connectivity index (χ0) is 14.3. The first-order chi connectivity index (χ1) is 9.60. The molecule has 1 heterocycles. The Kier molecular flexibility index (Phi) is 2.65. The van der Waals surface area contributed by atoms with Gasteiger partial charge in [0, 0.05) is 7.05 Å². The third-order valence-corrected chi connectivity index (χ3v) is 3.33. The lowest BCUT2D eigenvalue weighted by molar-refractivity contribution is 0.471. The normalized spacial score (nSPS) is 10.7. The summed E-state index contributed by atoms with van der Waals surface area (Å²) < 4.78 is 1.68. The van der Waals surface area contributed by atoms with Gasteiger partial charge < -0.3 is 5.11 Å². The lowest BCUT2D eigenvalue weighted by Gasteiger charge is -2.07. The minimum absolute atomic E-state index is 0.235. The number of aromatic hydroxyl groups is 1. The van der Waals surface area contributed by atoms with Crippen LogP contribution in [0, 0.1) is 13.5 Å².